The predicted octanol–water partition coefficient (Wildman–Crippen LogP) is 4.03. The molecule has 0 aliphatic carbocycles. The van der Waals surface area contributed by atoms with E-state index in [1.807, 2.05) is 29.8 Å². The molecule has 2 aromatic heterocycles. The summed E-state index contributed by atoms with van der Waals surface area (Å²) in [4.78, 5) is 4.07. The van der Waals surface area contributed by atoms with Gasteiger partial charge in [0, 0.05) is 23.3 Å². The molecule has 0 atom stereocenters. The maximum Gasteiger partial charge on any atom is 0.155 e. The van der Waals surface area contributed by atoms with Crippen LogP contribution in [0.4, 0.5) is 0 Å². The van der Waals surface area contributed by atoms with Crippen molar-refractivity contribution in [3.05, 3.63) is 40.6 Å². The maximum absolute atomic E-state index is 6.12. The van der Waals surface area contributed by atoms with Gasteiger partial charge in [0.25, 0.3) is 0 Å². The molecular weight excluding hydrogens is 243 g/mol. The van der Waals surface area contributed by atoms with Crippen LogP contribution in [0.2, 0.25) is 10.3 Å². The third kappa shape index (κ3) is 1.24. The van der Waals surface area contributed by atoms with E-state index in [1.54, 1.807) is 0 Å². The van der Waals surface area contributed by atoms with E-state index in [2.05, 4.69) is 17.1 Å². The Bertz CT molecular complexity index is 701. The van der Waals surface area contributed by atoms with Crippen LogP contribution in [0.1, 0.15) is 0 Å². The van der Waals surface area contributed by atoms with Crippen molar-refractivity contribution >= 4 is 45.0 Å². The first-order chi connectivity index (χ1) is 7.68. The Kier molecular flexibility index (Phi) is 2.09. The zero-order valence-corrected chi connectivity index (χ0v) is 10.0. The van der Waals surface area contributed by atoms with Crippen LogP contribution in [0.15, 0.2) is 30.3 Å². The molecule has 80 valence electrons. The quantitative estimate of drug-likeness (QED) is 0.551. The van der Waals surface area contributed by atoms with Gasteiger partial charge < -0.3 is 4.57 Å². The Hall–Kier alpha value is -1.25. The van der Waals surface area contributed by atoms with Crippen molar-refractivity contribution in [1.82, 2.24) is 9.55 Å². The van der Waals surface area contributed by atoms with Gasteiger partial charge in [-0.1, -0.05) is 41.4 Å². The molecule has 0 bridgehead atoms. The molecule has 1 aromatic carbocycles. The molecule has 0 aliphatic rings. The second kappa shape index (κ2) is 3.37. The summed E-state index contributed by atoms with van der Waals surface area (Å²) in [6, 6.07) is 9.98. The molecule has 0 aliphatic heterocycles. The molecule has 0 radical (unpaired) electrons. The van der Waals surface area contributed by atoms with Crippen molar-refractivity contribution in [2.75, 3.05) is 0 Å². The summed E-state index contributed by atoms with van der Waals surface area (Å²) in [5.41, 5.74) is 2.05. The highest BCUT2D eigenvalue weighted by atomic mass is 35.5. The van der Waals surface area contributed by atoms with Gasteiger partial charge in [0.1, 0.15) is 5.15 Å². The highest BCUT2D eigenvalue weighted by molar-refractivity contribution is 6.37. The monoisotopic (exact) mass is 250 g/mol. The summed E-state index contributed by atoms with van der Waals surface area (Å²) >= 11 is 12.1. The van der Waals surface area contributed by atoms with Gasteiger partial charge in [-0.15, -0.1) is 0 Å². The number of halogens is 2. The maximum atomic E-state index is 6.12. The smallest absolute Gasteiger partial charge is 0.155 e. The van der Waals surface area contributed by atoms with E-state index < -0.39 is 0 Å². The minimum absolute atomic E-state index is 0.425. The van der Waals surface area contributed by atoms with Gasteiger partial charge in [-0.2, -0.15) is 0 Å². The van der Waals surface area contributed by atoms with E-state index in [4.69, 9.17) is 23.2 Å². The molecule has 0 unspecified atom stereocenters. The first-order valence-electron chi connectivity index (χ1n) is 4.87. The Labute approximate surface area is 102 Å². The van der Waals surface area contributed by atoms with Gasteiger partial charge in [0.2, 0.25) is 0 Å². The van der Waals surface area contributed by atoms with Crippen molar-refractivity contribution in [2.24, 2.45) is 7.05 Å². The van der Waals surface area contributed by atoms with E-state index >= 15 is 0 Å². The summed E-state index contributed by atoms with van der Waals surface area (Å²) in [6.07, 6.45) is 0. The first-order valence-corrected chi connectivity index (χ1v) is 5.63. The molecule has 4 heteroatoms. The topological polar surface area (TPSA) is 17.8 Å². The number of hydrogen-bond acceptors (Lipinski definition) is 1. The summed E-state index contributed by atoms with van der Waals surface area (Å²) < 4.78 is 2.04. The third-order valence-corrected chi connectivity index (χ3v) is 3.27. The molecule has 3 aromatic rings. The van der Waals surface area contributed by atoms with E-state index in [-0.39, 0.29) is 0 Å². The number of aryl methyl sites for hydroxylation is 1. The average molecular weight is 251 g/mol. The zero-order chi connectivity index (χ0) is 11.3. The number of pyridine rings is 1. The fourth-order valence-corrected chi connectivity index (χ4v) is 2.67. The fourth-order valence-electron chi connectivity index (χ4n) is 2.12. The minimum atomic E-state index is 0.425. The number of fused-ring (bicyclic) bond motifs is 3. The van der Waals surface area contributed by atoms with E-state index in [0.29, 0.717) is 10.3 Å². The van der Waals surface area contributed by atoms with Crippen LogP contribution >= 0.6 is 23.2 Å². The van der Waals surface area contributed by atoms with Crippen molar-refractivity contribution in [1.29, 1.82) is 0 Å². The largest absolute Gasteiger partial charge is 0.341 e. The van der Waals surface area contributed by atoms with Crippen LogP contribution < -0.4 is 0 Å². The van der Waals surface area contributed by atoms with Gasteiger partial charge in [0.15, 0.2) is 5.15 Å². The zero-order valence-electron chi connectivity index (χ0n) is 8.54. The second-order valence-corrected chi connectivity index (χ2v) is 4.45. The molecule has 0 saturated heterocycles. The highest BCUT2D eigenvalue weighted by Crippen LogP contribution is 2.33. The summed E-state index contributed by atoms with van der Waals surface area (Å²) in [7, 11) is 1.98. The summed E-state index contributed by atoms with van der Waals surface area (Å²) in [5, 5.41) is 3.06. The number of para-hydroxylation sites is 1. The molecule has 0 spiro atoms. The third-order valence-electron chi connectivity index (χ3n) is 2.81. The molecule has 0 fully saturated rings. The minimum Gasteiger partial charge on any atom is -0.341 e. The Morgan fingerprint density at radius 1 is 1.12 bits per heavy atom. The van der Waals surface area contributed by atoms with E-state index in [9.17, 15) is 0 Å². The number of hydrogen-bond donors (Lipinski definition) is 0. The van der Waals surface area contributed by atoms with Crippen LogP contribution in [0.3, 0.4) is 0 Å². The Morgan fingerprint density at radius 2 is 1.88 bits per heavy atom. The lowest BCUT2D eigenvalue weighted by Gasteiger charge is -1.99. The standard InChI is InChI=1S/C12H8Cl2N2/c1-16-9-5-3-2-4-7(9)8-6-10(13)15-12(14)11(8)16/h2-6H,1H3. The van der Waals surface area contributed by atoms with Gasteiger partial charge in [-0.3, -0.25) is 0 Å². The molecule has 0 N–H and O–H groups in total. The van der Waals surface area contributed by atoms with Gasteiger partial charge in [-0.05, 0) is 12.1 Å². The normalized spacial score (nSPS) is 11.4. The van der Waals surface area contributed by atoms with Crippen molar-refractivity contribution < 1.29 is 0 Å². The highest BCUT2D eigenvalue weighted by Gasteiger charge is 2.12. The number of rotatable bonds is 0. The van der Waals surface area contributed by atoms with Crippen molar-refractivity contribution in [2.45, 2.75) is 0 Å². The van der Waals surface area contributed by atoms with Gasteiger partial charge in [-0.25, -0.2) is 4.98 Å². The van der Waals surface area contributed by atoms with Crippen LogP contribution in [-0.4, -0.2) is 9.55 Å². The van der Waals surface area contributed by atoms with Crippen molar-refractivity contribution in [3.8, 4) is 0 Å². The lowest BCUT2D eigenvalue weighted by molar-refractivity contribution is 1.01. The first kappa shape index (κ1) is 9.94. The SMILES string of the molecule is Cn1c2ccccc2c2cc(Cl)nc(Cl)c21. The molecule has 0 amide bonds. The van der Waals surface area contributed by atoms with Crippen LogP contribution in [0, 0.1) is 0 Å². The summed E-state index contributed by atoms with van der Waals surface area (Å²) in [6.45, 7) is 0. The molecule has 2 heterocycles. The average Bonchev–Trinajstić information content (AvgIpc) is 2.54. The lowest BCUT2D eigenvalue weighted by Crippen LogP contribution is -1.88. The predicted molar refractivity (Wildman–Crippen MR) is 68.2 cm³/mol. The molecule has 3 rings (SSSR count). The van der Waals surface area contributed by atoms with Crippen LogP contribution in [-0.2, 0) is 7.05 Å². The number of nitrogens with zero attached hydrogens (tertiary/aromatic N) is 2. The second-order valence-electron chi connectivity index (χ2n) is 3.71. The lowest BCUT2D eigenvalue weighted by atomic mass is 10.2. The number of aromatic nitrogens is 2. The fraction of sp³-hybridized carbons (Fsp3) is 0.0833. The molecule has 16 heavy (non-hydrogen) atoms. The Balaban J connectivity index is 2.67. The summed E-state index contributed by atoms with van der Waals surface area (Å²) in [5.74, 6) is 0. The van der Waals surface area contributed by atoms with E-state index in [1.165, 1.54) is 0 Å². The van der Waals surface area contributed by atoms with Crippen LogP contribution in [0.25, 0.3) is 21.8 Å². The Morgan fingerprint density at radius 3 is 2.69 bits per heavy atom. The van der Waals surface area contributed by atoms with E-state index in [0.717, 1.165) is 21.8 Å². The molecule has 0 saturated carbocycles. The van der Waals surface area contributed by atoms with Gasteiger partial charge >= 0.3 is 0 Å². The van der Waals surface area contributed by atoms with Crippen LogP contribution in [0.5, 0.6) is 0 Å². The molecule has 2 nitrogen and oxygen atoms in total. The van der Waals surface area contributed by atoms with Crippen molar-refractivity contribution in [3.63, 3.8) is 0 Å². The molecular formula is C12H8Cl2N2. The number of benzene rings is 1. The van der Waals surface area contributed by atoms with Gasteiger partial charge in [0.05, 0.1) is 5.52 Å².